The summed E-state index contributed by atoms with van der Waals surface area (Å²) >= 11 is 5.70. The molecule has 1 saturated heterocycles. The molecule has 1 fully saturated rings. The molecule has 1 aliphatic rings. The average Bonchev–Trinajstić information content (AvgIpc) is 2.40. The van der Waals surface area contributed by atoms with Crippen molar-refractivity contribution >= 4 is 28.9 Å². The number of anilines is 2. The molecular formula is C13H17ClN2O2. The van der Waals surface area contributed by atoms with E-state index in [9.17, 15) is 4.79 Å². The molecule has 1 amide bonds. The van der Waals surface area contributed by atoms with Crippen LogP contribution in [-0.4, -0.2) is 37.6 Å². The lowest BCUT2D eigenvalue weighted by Crippen LogP contribution is -2.36. The predicted molar refractivity (Wildman–Crippen MR) is 73.4 cm³/mol. The third-order valence-corrected chi connectivity index (χ3v) is 3.07. The Bertz CT molecular complexity index is 400. The summed E-state index contributed by atoms with van der Waals surface area (Å²) in [4.78, 5) is 13.7. The number of nitrogens with zero attached hydrogens (tertiary/aromatic N) is 1. The van der Waals surface area contributed by atoms with E-state index in [1.165, 1.54) is 0 Å². The summed E-state index contributed by atoms with van der Waals surface area (Å²) in [5, 5.41) is 2.23. The van der Waals surface area contributed by atoms with Crippen molar-refractivity contribution in [3.05, 3.63) is 24.3 Å². The topological polar surface area (TPSA) is 41.6 Å². The van der Waals surface area contributed by atoms with Crippen LogP contribution in [0.1, 0.15) is 6.92 Å². The summed E-state index contributed by atoms with van der Waals surface area (Å²) in [6.45, 7) is 5.00. The van der Waals surface area contributed by atoms with Crippen molar-refractivity contribution in [2.45, 2.75) is 12.3 Å². The minimum Gasteiger partial charge on any atom is -0.378 e. The monoisotopic (exact) mass is 268 g/mol. The van der Waals surface area contributed by atoms with Crippen LogP contribution in [0.15, 0.2) is 24.3 Å². The molecule has 0 bridgehead atoms. The Labute approximate surface area is 112 Å². The van der Waals surface area contributed by atoms with E-state index >= 15 is 0 Å². The number of hydrogen-bond acceptors (Lipinski definition) is 3. The van der Waals surface area contributed by atoms with Crippen molar-refractivity contribution in [1.82, 2.24) is 0 Å². The highest BCUT2D eigenvalue weighted by Gasteiger charge is 2.12. The van der Waals surface area contributed by atoms with E-state index in [4.69, 9.17) is 16.3 Å². The fourth-order valence-electron chi connectivity index (χ4n) is 1.82. The second kappa shape index (κ2) is 6.07. The standard InChI is InChI=1S/C13H17ClN2O2/c1-10(14)13(17)15-11-2-4-12(5-3-11)16-6-8-18-9-7-16/h2-5,10H,6-9H2,1H3,(H,15,17)/t10-/m1/s1. The Morgan fingerprint density at radius 1 is 1.33 bits per heavy atom. The maximum Gasteiger partial charge on any atom is 0.242 e. The average molecular weight is 269 g/mol. The van der Waals surface area contributed by atoms with Gasteiger partial charge in [-0.05, 0) is 31.2 Å². The molecule has 5 heteroatoms. The first-order chi connectivity index (χ1) is 8.66. The summed E-state index contributed by atoms with van der Waals surface area (Å²) in [6.07, 6.45) is 0. The second-order valence-corrected chi connectivity index (χ2v) is 4.91. The van der Waals surface area contributed by atoms with Gasteiger partial charge >= 0.3 is 0 Å². The molecule has 18 heavy (non-hydrogen) atoms. The van der Waals surface area contributed by atoms with Crippen LogP contribution in [0.5, 0.6) is 0 Å². The normalized spacial score (nSPS) is 17.3. The summed E-state index contributed by atoms with van der Waals surface area (Å²) in [6, 6.07) is 7.78. The number of halogens is 1. The molecule has 4 nitrogen and oxygen atoms in total. The number of amides is 1. The number of morpholine rings is 1. The highest BCUT2D eigenvalue weighted by molar-refractivity contribution is 6.32. The van der Waals surface area contributed by atoms with Gasteiger partial charge in [0.1, 0.15) is 5.38 Å². The Morgan fingerprint density at radius 2 is 1.94 bits per heavy atom. The van der Waals surface area contributed by atoms with Crippen LogP contribution in [0.3, 0.4) is 0 Å². The van der Waals surface area contributed by atoms with Gasteiger partial charge in [-0.2, -0.15) is 0 Å². The van der Waals surface area contributed by atoms with Gasteiger partial charge in [-0.25, -0.2) is 0 Å². The highest BCUT2D eigenvalue weighted by atomic mass is 35.5. The first kappa shape index (κ1) is 13.2. The van der Waals surface area contributed by atoms with Crippen LogP contribution >= 0.6 is 11.6 Å². The van der Waals surface area contributed by atoms with Crippen molar-refractivity contribution in [2.24, 2.45) is 0 Å². The third-order valence-electron chi connectivity index (χ3n) is 2.87. The van der Waals surface area contributed by atoms with Crippen molar-refractivity contribution in [2.75, 3.05) is 36.5 Å². The molecule has 0 saturated carbocycles. The first-order valence-electron chi connectivity index (χ1n) is 6.04. The van der Waals surface area contributed by atoms with E-state index in [0.29, 0.717) is 0 Å². The van der Waals surface area contributed by atoms with Gasteiger partial charge in [0.05, 0.1) is 13.2 Å². The van der Waals surface area contributed by atoms with Crippen molar-refractivity contribution in [3.8, 4) is 0 Å². The molecule has 0 radical (unpaired) electrons. The maximum absolute atomic E-state index is 11.4. The zero-order chi connectivity index (χ0) is 13.0. The van der Waals surface area contributed by atoms with Gasteiger partial charge in [-0.1, -0.05) is 0 Å². The van der Waals surface area contributed by atoms with Crippen LogP contribution in [-0.2, 0) is 9.53 Å². The van der Waals surface area contributed by atoms with E-state index in [-0.39, 0.29) is 5.91 Å². The van der Waals surface area contributed by atoms with Gasteiger partial charge in [0, 0.05) is 24.5 Å². The molecule has 1 aromatic carbocycles. The molecule has 2 rings (SSSR count). The minimum atomic E-state index is -0.524. The maximum atomic E-state index is 11.4. The molecule has 0 aliphatic carbocycles. The minimum absolute atomic E-state index is 0.184. The van der Waals surface area contributed by atoms with Gasteiger partial charge < -0.3 is 15.0 Å². The van der Waals surface area contributed by atoms with E-state index in [0.717, 1.165) is 37.7 Å². The molecule has 1 aliphatic heterocycles. The predicted octanol–water partition coefficient (Wildman–Crippen LogP) is 2.09. The number of carbonyl (C=O) groups excluding carboxylic acids is 1. The molecule has 0 aromatic heterocycles. The number of alkyl halides is 1. The van der Waals surface area contributed by atoms with Crippen LogP contribution < -0.4 is 10.2 Å². The number of hydrogen-bond donors (Lipinski definition) is 1. The number of ether oxygens (including phenoxy) is 1. The molecule has 1 heterocycles. The number of rotatable bonds is 3. The fraction of sp³-hybridized carbons (Fsp3) is 0.462. The zero-order valence-corrected chi connectivity index (χ0v) is 11.1. The SMILES string of the molecule is C[C@@H](Cl)C(=O)Nc1ccc(N2CCOCC2)cc1. The number of nitrogens with one attached hydrogen (secondary N) is 1. The van der Waals surface area contributed by atoms with E-state index in [2.05, 4.69) is 10.2 Å². The lowest BCUT2D eigenvalue weighted by atomic mass is 10.2. The number of carbonyl (C=O) groups is 1. The Morgan fingerprint density at radius 3 is 2.50 bits per heavy atom. The summed E-state index contributed by atoms with van der Waals surface area (Å²) in [5.74, 6) is -0.184. The molecule has 1 aromatic rings. The summed E-state index contributed by atoms with van der Waals surface area (Å²) in [7, 11) is 0. The van der Waals surface area contributed by atoms with E-state index in [1.807, 2.05) is 24.3 Å². The Kier molecular flexibility index (Phi) is 4.44. The fourth-order valence-corrected chi connectivity index (χ4v) is 1.87. The van der Waals surface area contributed by atoms with E-state index < -0.39 is 5.38 Å². The Balaban J connectivity index is 1.98. The molecular weight excluding hydrogens is 252 g/mol. The molecule has 0 unspecified atom stereocenters. The lowest BCUT2D eigenvalue weighted by molar-refractivity contribution is -0.115. The van der Waals surface area contributed by atoms with Crippen LogP contribution in [0.2, 0.25) is 0 Å². The Hall–Kier alpha value is -1.26. The van der Waals surface area contributed by atoms with Crippen LogP contribution in [0.25, 0.3) is 0 Å². The summed E-state index contributed by atoms with van der Waals surface area (Å²) in [5.41, 5.74) is 1.92. The largest absolute Gasteiger partial charge is 0.378 e. The smallest absolute Gasteiger partial charge is 0.242 e. The van der Waals surface area contributed by atoms with Crippen molar-refractivity contribution in [1.29, 1.82) is 0 Å². The van der Waals surface area contributed by atoms with Gasteiger partial charge in [-0.3, -0.25) is 4.79 Å². The van der Waals surface area contributed by atoms with Gasteiger partial charge in [0.15, 0.2) is 0 Å². The second-order valence-electron chi connectivity index (χ2n) is 4.25. The van der Waals surface area contributed by atoms with Gasteiger partial charge in [-0.15, -0.1) is 11.6 Å². The summed E-state index contributed by atoms with van der Waals surface area (Å²) < 4.78 is 5.31. The van der Waals surface area contributed by atoms with Gasteiger partial charge in [0.25, 0.3) is 0 Å². The highest BCUT2D eigenvalue weighted by Crippen LogP contribution is 2.19. The van der Waals surface area contributed by atoms with Gasteiger partial charge in [0.2, 0.25) is 5.91 Å². The quantitative estimate of drug-likeness (QED) is 0.854. The first-order valence-corrected chi connectivity index (χ1v) is 6.48. The lowest BCUT2D eigenvalue weighted by Gasteiger charge is -2.28. The van der Waals surface area contributed by atoms with Crippen LogP contribution in [0, 0.1) is 0 Å². The molecule has 98 valence electrons. The molecule has 1 atom stereocenters. The number of benzene rings is 1. The van der Waals surface area contributed by atoms with Crippen molar-refractivity contribution < 1.29 is 9.53 Å². The molecule has 1 N–H and O–H groups in total. The van der Waals surface area contributed by atoms with Crippen molar-refractivity contribution in [3.63, 3.8) is 0 Å². The van der Waals surface area contributed by atoms with E-state index in [1.54, 1.807) is 6.92 Å². The zero-order valence-electron chi connectivity index (χ0n) is 10.4. The molecule has 0 spiro atoms. The van der Waals surface area contributed by atoms with Crippen LogP contribution in [0.4, 0.5) is 11.4 Å². The third kappa shape index (κ3) is 3.37.